The van der Waals surface area contributed by atoms with Gasteiger partial charge in [-0.3, -0.25) is 4.79 Å². The molecule has 1 aliphatic carbocycles. The van der Waals surface area contributed by atoms with Crippen molar-refractivity contribution >= 4 is 27.8 Å². The molecule has 2 aliphatic rings. The average molecular weight is 475 g/mol. The van der Waals surface area contributed by atoms with Crippen molar-refractivity contribution in [3.63, 3.8) is 0 Å². The maximum Gasteiger partial charge on any atom is 0.225 e. The van der Waals surface area contributed by atoms with Gasteiger partial charge in [-0.25, -0.2) is 4.98 Å². The Morgan fingerprint density at radius 3 is 2.61 bits per heavy atom. The zero-order chi connectivity index (χ0) is 24.2. The predicted molar refractivity (Wildman–Crippen MR) is 145 cm³/mol. The minimum Gasteiger partial charge on any atom is -0.361 e. The Morgan fingerprint density at radius 2 is 1.78 bits per heavy atom. The van der Waals surface area contributed by atoms with Crippen LogP contribution >= 0.6 is 0 Å². The number of carbonyl (C=O) groups excluding carboxylic acids is 1. The highest BCUT2D eigenvalue weighted by Gasteiger charge is 2.36. The monoisotopic (exact) mass is 474 g/mol. The Morgan fingerprint density at radius 1 is 0.972 bits per heavy atom. The van der Waals surface area contributed by atoms with Crippen LogP contribution in [0.5, 0.6) is 0 Å². The van der Waals surface area contributed by atoms with Crippen molar-refractivity contribution in [2.75, 3.05) is 13.1 Å². The largest absolute Gasteiger partial charge is 0.361 e. The fraction of sp³-hybridized carbons (Fsp3) is 0.290. The smallest absolute Gasteiger partial charge is 0.225 e. The number of amides is 1. The van der Waals surface area contributed by atoms with Crippen molar-refractivity contribution in [1.29, 1.82) is 0 Å². The molecular formula is C31H30N4O. The van der Waals surface area contributed by atoms with Gasteiger partial charge in [-0.2, -0.15) is 0 Å². The predicted octanol–water partition coefficient (Wildman–Crippen LogP) is 6.42. The van der Waals surface area contributed by atoms with Crippen LogP contribution in [0.4, 0.5) is 0 Å². The minimum atomic E-state index is 0.298. The van der Waals surface area contributed by atoms with Gasteiger partial charge in [0.2, 0.25) is 5.91 Å². The lowest BCUT2D eigenvalue weighted by Crippen LogP contribution is -2.30. The number of hydrogen-bond donors (Lipinski definition) is 1. The highest BCUT2D eigenvalue weighted by molar-refractivity contribution is 5.86. The van der Waals surface area contributed by atoms with Crippen LogP contribution in [0.25, 0.3) is 44.5 Å². The lowest BCUT2D eigenvalue weighted by Gasteiger charge is -2.18. The second-order valence-corrected chi connectivity index (χ2v) is 10.6. The summed E-state index contributed by atoms with van der Waals surface area (Å²) in [5.41, 5.74) is 8.18. The molecule has 7 rings (SSSR count). The van der Waals surface area contributed by atoms with Crippen LogP contribution in [0.1, 0.15) is 24.8 Å². The molecule has 5 aromatic rings. The molecule has 2 aromatic heterocycles. The molecule has 1 saturated heterocycles. The molecule has 0 spiro atoms. The van der Waals surface area contributed by atoms with Crippen molar-refractivity contribution < 1.29 is 4.79 Å². The summed E-state index contributed by atoms with van der Waals surface area (Å²) < 4.78 is 2.40. The van der Waals surface area contributed by atoms with Gasteiger partial charge >= 0.3 is 0 Å². The van der Waals surface area contributed by atoms with Crippen LogP contribution in [-0.4, -0.2) is 38.4 Å². The second kappa shape index (κ2) is 8.37. The zero-order valence-corrected chi connectivity index (χ0v) is 20.6. The van der Waals surface area contributed by atoms with Gasteiger partial charge in [0, 0.05) is 42.8 Å². The van der Waals surface area contributed by atoms with Crippen LogP contribution < -0.4 is 0 Å². The van der Waals surface area contributed by atoms with E-state index in [4.69, 9.17) is 4.98 Å². The Balaban J connectivity index is 1.22. The molecule has 2 fully saturated rings. The van der Waals surface area contributed by atoms with Gasteiger partial charge in [0.1, 0.15) is 5.82 Å². The van der Waals surface area contributed by atoms with Crippen LogP contribution in [0.2, 0.25) is 0 Å². The van der Waals surface area contributed by atoms with E-state index in [9.17, 15) is 4.79 Å². The van der Waals surface area contributed by atoms with Crippen LogP contribution in [-0.2, 0) is 11.3 Å². The molecule has 1 atom stereocenters. The summed E-state index contributed by atoms with van der Waals surface area (Å²) in [6.45, 7) is 4.81. The number of aromatic amines is 1. The summed E-state index contributed by atoms with van der Waals surface area (Å²) in [5.74, 6) is 2.14. The van der Waals surface area contributed by atoms with Gasteiger partial charge in [-0.15, -0.1) is 0 Å². The number of aromatic nitrogens is 3. The number of rotatable bonds is 5. The molecule has 0 radical (unpaired) electrons. The fourth-order valence-electron chi connectivity index (χ4n) is 5.84. The number of nitrogens with one attached hydrogen (secondary N) is 1. The van der Waals surface area contributed by atoms with Crippen LogP contribution in [0.3, 0.4) is 0 Å². The SMILES string of the molecule is Cc1cccc2nc(-c3ccc(-c4ccc5[nH]ccc5c4)cc3)n(C[C@@H]3CCN(C(=O)C4CC4)C3)c12. The molecule has 0 bridgehead atoms. The summed E-state index contributed by atoms with van der Waals surface area (Å²) in [5, 5.41) is 1.22. The van der Waals surface area contributed by atoms with Crippen molar-refractivity contribution in [3.05, 3.63) is 78.5 Å². The van der Waals surface area contributed by atoms with E-state index in [1.807, 2.05) is 6.20 Å². The van der Waals surface area contributed by atoms with Crippen molar-refractivity contribution in [2.45, 2.75) is 32.7 Å². The standard InChI is InChI=1S/C31H30N4O/c1-20-3-2-4-28-29(20)35(19-21-14-16-34(18-21)31(36)24-9-10-24)30(33-28)23-7-5-22(6-8-23)25-11-12-27-26(17-25)13-15-32-27/h2-8,11-13,15,17,21,24,32H,9-10,14,16,18-19H2,1H3/t21-/m1/s1. The highest BCUT2D eigenvalue weighted by Crippen LogP contribution is 2.35. The molecule has 5 heteroatoms. The van der Waals surface area contributed by atoms with Gasteiger partial charge in [0.15, 0.2) is 0 Å². The third-order valence-corrected chi connectivity index (χ3v) is 7.96. The molecule has 3 aromatic carbocycles. The van der Waals surface area contributed by atoms with Crippen LogP contribution in [0.15, 0.2) is 72.9 Å². The quantitative estimate of drug-likeness (QED) is 0.320. The average Bonchev–Trinajstić information content (AvgIpc) is 3.29. The molecule has 36 heavy (non-hydrogen) atoms. The van der Waals surface area contributed by atoms with E-state index >= 15 is 0 Å². The molecule has 180 valence electrons. The van der Waals surface area contributed by atoms with Gasteiger partial charge < -0.3 is 14.5 Å². The van der Waals surface area contributed by atoms with Crippen molar-refractivity contribution in [1.82, 2.24) is 19.4 Å². The number of aryl methyl sites for hydroxylation is 1. The number of hydrogen-bond acceptors (Lipinski definition) is 2. The van der Waals surface area contributed by atoms with Gasteiger partial charge in [0.05, 0.1) is 11.0 Å². The molecule has 5 nitrogen and oxygen atoms in total. The molecular weight excluding hydrogens is 444 g/mol. The summed E-state index contributed by atoms with van der Waals surface area (Å²) in [7, 11) is 0. The van der Waals surface area contributed by atoms with E-state index in [1.54, 1.807) is 0 Å². The number of benzene rings is 3. The number of para-hydroxylation sites is 1. The Kier molecular flexibility index (Phi) is 4.98. The van der Waals surface area contributed by atoms with Gasteiger partial charge in [-0.1, -0.05) is 42.5 Å². The zero-order valence-electron chi connectivity index (χ0n) is 20.6. The number of fused-ring (bicyclic) bond motifs is 2. The van der Waals surface area contributed by atoms with Crippen molar-refractivity contribution in [3.8, 4) is 22.5 Å². The van der Waals surface area contributed by atoms with E-state index in [2.05, 4.69) is 88.1 Å². The summed E-state index contributed by atoms with van der Waals surface area (Å²) in [4.78, 5) is 23.1. The van der Waals surface area contributed by atoms with E-state index in [0.29, 0.717) is 17.7 Å². The molecule has 1 amide bonds. The lowest BCUT2D eigenvalue weighted by molar-refractivity contribution is -0.131. The molecule has 1 aliphatic heterocycles. The lowest BCUT2D eigenvalue weighted by atomic mass is 10.0. The first-order valence-corrected chi connectivity index (χ1v) is 13.1. The fourth-order valence-corrected chi connectivity index (χ4v) is 5.84. The van der Waals surface area contributed by atoms with E-state index < -0.39 is 0 Å². The molecule has 3 heterocycles. The second-order valence-electron chi connectivity index (χ2n) is 10.6. The highest BCUT2D eigenvalue weighted by atomic mass is 16.2. The van der Waals surface area contributed by atoms with Crippen LogP contribution in [0, 0.1) is 18.8 Å². The van der Waals surface area contributed by atoms with Gasteiger partial charge in [0.25, 0.3) is 0 Å². The maximum absolute atomic E-state index is 12.6. The number of likely N-dealkylation sites (tertiary alicyclic amines) is 1. The summed E-state index contributed by atoms with van der Waals surface area (Å²) in [6, 6.07) is 23.8. The molecule has 0 unspecified atom stereocenters. The first-order valence-electron chi connectivity index (χ1n) is 13.1. The third kappa shape index (κ3) is 3.70. The van der Waals surface area contributed by atoms with Crippen molar-refractivity contribution in [2.24, 2.45) is 11.8 Å². The normalized spacial score (nSPS) is 17.9. The molecule has 1 N–H and O–H groups in total. The first-order chi connectivity index (χ1) is 17.6. The molecule has 1 saturated carbocycles. The maximum atomic E-state index is 12.6. The summed E-state index contributed by atoms with van der Waals surface area (Å²) in [6.07, 6.45) is 5.19. The number of carbonyl (C=O) groups is 1. The number of H-pyrrole nitrogens is 1. The topological polar surface area (TPSA) is 53.9 Å². The third-order valence-electron chi connectivity index (χ3n) is 7.96. The number of nitrogens with zero attached hydrogens (tertiary/aromatic N) is 3. The van der Waals surface area contributed by atoms with E-state index in [1.165, 1.54) is 27.6 Å². The minimum absolute atomic E-state index is 0.298. The summed E-state index contributed by atoms with van der Waals surface area (Å²) >= 11 is 0. The first kappa shape index (κ1) is 21.4. The Hall–Kier alpha value is -3.86. The van der Waals surface area contributed by atoms with E-state index in [-0.39, 0.29) is 0 Å². The van der Waals surface area contributed by atoms with E-state index in [0.717, 1.165) is 61.3 Å². The Bertz CT molecular complexity index is 1590. The Labute approximate surface area is 210 Å². The van der Waals surface area contributed by atoms with Gasteiger partial charge in [-0.05, 0) is 78.4 Å². The number of imidazole rings is 1.